The van der Waals surface area contributed by atoms with Crippen molar-refractivity contribution in [3.63, 3.8) is 0 Å². The summed E-state index contributed by atoms with van der Waals surface area (Å²) in [6.45, 7) is 3.10. The second-order valence-electron chi connectivity index (χ2n) is 2.99. The summed E-state index contributed by atoms with van der Waals surface area (Å²) in [7, 11) is 0. The topological polar surface area (TPSA) is 46.2 Å². The Balaban J connectivity index is 4.14. The van der Waals surface area contributed by atoms with E-state index in [-0.39, 0.29) is 11.1 Å². The summed E-state index contributed by atoms with van der Waals surface area (Å²) in [5, 5.41) is 2.22. The molecule has 0 radical (unpaired) electrons. The maximum absolute atomic E-state index is 11.8. The summed E-state index contributed by atoms with van der Waals surface area (Å²) in [5.41, 5.74) is 0. The monoisotopic (exact) mass is 271 g/mol. The van der Waals surface area contributed by atoms with Gasteiger partial charge in [-0.25, -0.2) is 0 Å². The normalized spacial score (nSPS) is 15.0. The second kappa shape index (κ2) is 6.06. The average Bonchev–Trinajstić information content (AvgIpc) is 2.14. The number of amides is 1. The van der Waals surface area contributed by atoms with Crippen LogP contribution in [-0.4, -0.2) is 29.5 Å². The molecule has 3 nitrogen and oxygen atoms in total. The Morgan fingerprint density at radius 1 is 1.36 bits per heavy atom. The molecule has 0 heterocycles. The predicted molar refractivity (Wildman–Crippen MR) is 51.6 cm³/mol. The van der Waals surface area contributed by atoms with Crippen molar-refractivity contribution >= 4 is 27.6 Å². The number of carbonyl (C=O) groups is 2. The number of ketones is 1. The van der Waals surface area contributed by atoms with Gasteiger partial charge in [0.05, 0.1) is 5.33 Å². The quantitative estimate of drug-likeness (QED) is 0.768. The molecule has 6 heteroatoms. The Bertz CT molecular complexity index is 223. The van der Waals surface area contributed by atoms with E-state index in [1.165, 1.54) is 6.92 Å². The van der Waals surface area contributed by atoms with Crippen LogP contribution in [0.3, 0.4) is 0 Å². The van der Waals surface area contributed by atoms with Gasteiger partial charge in [0.1, 0.15) is 5.78 Å². The second-order valence-corrected chi connectivity index (χ2v) is 3.55. The number of hydrogen-bond acceptors (Lipinski definition) is 2. The lowest BCUT2D eigenvalue weighted by Crippen LogP contribution is -2.42. The SMILES string of the molecule is CC(NC(=O)C(F)F)C(C)C(=O)CBr. The zero-order chi connectivity index (χ0) is 11.3. The van der Waals surface area contributed by atoms with E-state index >= 15 is 0 Å². The van der Waals surface area contributed by atoms with Crippen LogP contribution in [0.1, 0.15) is 13.8 Å². The molecule has 0 aliphatic heterocycles. The highest BCUT2D eigenvalue weighted by atomic mass is 79.9. The maximum atomic E-state index is 11.8. The first kappa shape index (κ1) is 13.5. The minimum absolute atomic E-state index is 0.132. The minimum Gasteiger partial charge on any atom is -0.348 e. The van der Waals surface area contributed by atoms with E-state index in [1.807, 2.05) is 0 Å². The van der Waals surface area contributed by atoms with Crippen LogP contribution in [0.15, 0.2) is 0 Å². The summed E-state index contributed by atoms with van der Waals surface area (Å²) in [4.78, 5) is 21.7. The van der Waals surface area contributed by atoms with Gasteiger partial charge >= 0.3 is 6.43 Å². The Kier molecular flexibility index (Phi) is 5.83. The molecule has 0 aromatic heterocycles. The molecule has 0 saturated heterocycles. The fourth-order valence-electron chi connectivity index (χ4n) is 0.813. The van der Waals surface area contributed by atoms with Crippen molar-refractivity contribution in [2.24, 2.45) is 5.92 Å². The van der Waals surface area contributed by atoms with Gasteiger partial charge in [-0.3, -0.25) is 9.59 Å². The largest absolute Gasteiger partial charge is 0.348 e. The lowest BCUT2D eigenvalue weighted by Gasteiger charge is -2.19. The van der Waals surface area contributed by atoms with Gasteiger partial charge in [-0.05, 0) is 6.92 Å². The molecular formula is C8H12BrF2NO2. The molecule has 0 fully saturated rings. The molecule has 1 amide bonds. The van der Waals surface area contributed by atoms with Gasteiger partial charge in [-0.15, -0.1) is 0 Å². The smallest absolute Gasteiger partial charge is 0.315 e. The molecule has 1 N–H and O–H groups in total. The molecule has 0 saturated carbocycles. The van der Waals surface area contributed by atoms with E-state index < -0.39 is 24.3 Å². The Morgan fingerprint density at radius 2 is 1.86 bits per heavy atom. The summed E-state index contributed by atoms with van der Waals surface area (Å²) < 4.78 is 23.7. The van der Waals surface area contributed by atoms with Gasteiger partial charge in [0.2, 0.25) is 0 Å². The molecule has 0 aliphatic rings. The molecular weight excluding hydrogens is 260 g/mol. The van der Waals surface area contributed by atoms with Crippen LogP contribution in [0.4, 0.5) is 8.78 Å². The van der Waals surface area contributed by atoms with E-state index in [0.29, 0.717) is 0 Å². The third kappa shape index (κ3) is 4.13. The standard InChI is InChI=1S/C8H12BrF2NO2/c1-4(6(13)3-9)5(2)12-8(14)7(10)11/h4-5,7H,3H2,1-2H3,(H,12,14). The Morgan fingerprint density at radius 3 is 2.21 bits per heavy atom. The number of rotatable bonds is 5. The number of halogens is 3. The molecule has 14 heavy (non-hydrogen) atoms. The molecule has 2 atom stereocenters. The van der Waals surface area contributed by atoms with Gasteiger partial charge in [-0.2, -0.15) is 8.78 Å². The number of alkyl halides is 3. The third-order valence-electron chi connectivity index (χ3n) is 1.96. The van der Waals surface area contributed by atoms with Gasteiger partial charge in [0.15, 0.2) is 0 Å². The number of carbonyl (C=O) groups excluding carboxylic acids is 2. The molecule has 82 valence electrons. The number of Topliss-reactive ketones (excluding diaryl/α,β-unsaturated/α-hetero) is 1. The van der Waals surface area contributed by atoms with E-state index in [0.717, 1.165) is 0 Å². The highest BCUT2D eigenvalue weighted by molar-refractivity contribution is 9.09. The average molecular weight is 272 g/mol. The number of nitrogens with one attached hydrogen (secondary N) is 1. The van der Waals surface area contributed by atoms with Crippen LogP contribution in [0.25, 0.3) is 0 Å². The zero-order valence-electron chi connectivity index (χ0n) is 7.89. The van der Waals surface area contributed by atoms with Crippen molar-refractivity contribution in [1.82, 2.24) is 5.32 Å². The van der Waals surface area contributed by atoms with Crippen molar-refractivity contribution in [1.29, 1.82) is 0 Å². The lowest BCUT2D eigenvalue weighted by molar-refractivity contribution is -0.133. The summed E-state index contributed by atoms with van der Waals surface area (Å²) in [6.07, 6.45) is -3.04. The molecule has 2 unspecified atom stereocenters. The van der Waals surface area contributed by atoms with E-state index in [2.05, 4.69) is 21.2 Å². The molecule has 0 rings (SSSR count). The first-order valence-electron chi connectivity index (χ1n) is 4.07. The van der Waals surface area contributed by atoms with Gasteiger partial charge in [-0.1, -0.05) is 22.9 Å². The van der Waals surface area contributed by atoms with Crippen LogP contribution >= 0.6 is 15.9 Å². The molecule has 0 aliphatic carbocycles. The highest BCUT2D eigenvalue weighted by Gasteiger charge is 2.24. The predicted octanol–water partition coefficient (Wildman–Crippen LogP) is 1.36. The Labute approximate surface area is 89.4 Å². The van der Waals surface area contributed by atoms with Crippen molar-refractivity contribution in [2.75, 3.05) is 5.33 Å². The fraction of sp³-hybridized carbons (Fsp3) is 0.750. The zero-order valence-corrected chi connectivity index (χ0v) is 9.48. The highest BCUT2D eigenvalue weighted by Crippen LogP contribution is 2.06. The van der Waals surface area contributed by atoms with Gasteiger partial charge in [0.25, 0.3) is 5.91 Å². The molecule has 0 aromatic carbocycles. The van der Waals surface area contributed by atoms with Crippen molar-refractivity contribution < 1.29 is 18.4 Å². The van der Waals surface area contributed by atoms with E-state index in [4.69, 9.17) is 0 Å². The van der Waals surface area contributed by atoms with Crippen molar-refractivity contribution in [2.45, 2.75) is 26.3 Å². The summed E-state index contributed by atoms with van der Waals surface area (Å²) >= 11 is 2.97. The molecule has 0 spiro atoms. The first-order valence-corrected chi connectivity index (χ1v) is 5.19. The van der Waals surface area contributed by atoms with Crippen LogP contribution in [-0.2, 0) is 9.59 Å². The molecule has 0 bridgehead atoms. The first-order chi connectivity index (χ1) is 6.40. The van der Waals surface area contributed by atoms with Crippen LogP contribution in [0.5, 0.6) is 0 Å². The third-order valence-corrected chi connectivity index (χ3v) is 2.51. The fourth-order valence-corrected chi connectivity index (χ4v) is 1.32. The van der Waals surface area contributed by atoms with E-state index in [9.17, 15) is 18.4 Å². The van der Waals surface area contributed by atoms with E-state index in [1.54, 1.807) is 6.92 Å². The minimum atomic E-state index is -3.04. The maximum Gasteiger partial charge on any atom is 0.315 e. The van der Waals surface area contributed by atoms with Crippen molar-refractivity contribution in [3.05, 3.63) is 0 Å². The number of hydrogen-bond donors (Lipinski definition) is 1. The van der Waals surface area contributed by atoms with Gasteiger partial charge in [0, 0.05) is 12.0 Å². The molecule has 0 aromatic rings. The summed E-state index contributed by atoms with van der Waals surface area (Å²) in [5.74, 6) is -1.95. The van der Waals surface area contributed by atoms with Crippen LogP contribution in [0.2, 0.25) is 0 Å². The Hall–Kier alpha value is -0.520. The van der Waals surface area contributed by atoms with Crippen molar-refractivity contribution in [3.8, 4) is 0 Å². The lowest BCUT2D eigenvalue weighted by atomic mass is 10.00. The van der Waals surface area contributed by atoms with Crippen LogP contribution in [0, 0.1) is 5.92 Å². The van der Waals surface area contributed by atoms with Crippen LogP contribution < -0.4 is 5.32 Å². The van der Waals surface area contributed by atoms with Gasteiger partial charge < -0.3 is 5.32 Å². The summed E-state index contributed by atoms with van der Waals surface area (Å²) in [6, 6.07) is -0.582.